The number of rotatable bonds is 9. The third kappa shape index (κ3) is 5.33. The topological polar surface area (TPSA) is 174 Å². The summed E-state index contributed by atoms with van der Waals surface area (Å²) in [7, 11) is 0. The number of aliphatic hydroxyl groups is 1. The van der Waals surface area contributed by atoms with Gasteiger partial charge in [0.2, 0.25) is 0 Å². The summed E-state index contributed by atoms with van der Waals surface area (Å²) in [5.74, 6) is -3.67. The molecule has 0 bridgehead atoms. The molecule has 4 fully saturated rings. The van der Waals surface area contributed by atoms with E-state index in [4.69, 9.17) is 24.4 Å². The molecule has 0 aromatic rings. The molecule has 4 saturated carbocycles. The minimum atomic E-state index is -1.17. The van der Waals surface area contributed by atoms with Gasteiger partial charge in [-0.3, -0.25) is 19.2 Å². The van der Waals surface area contributed by atoms with E-state index < -0.39 is 52.9 Å². The molecule has 11 heteroatoms. The van der Waals surface area contributed by atoms with Crippen LogP contribution in [0.4, 0.5) is 0 Å². The van der Waals surface area contributed by atoms with Crippen molar-refractivity contribution >= 4 is 29.8 Å². The van der Waals surface area contributed by atoms with Crippen LogP contribution in [0.3, 0.4) is 0 Å². The van der Waals surface area contributed by atoms with E-state index in [1.54, 1.807) is 0 Å². The predicted molar refractivity (Wildman–Crippen MR) is 145 cm³/mol. The molecule has 4 aliphatic carbocycles. The van der Waals surface area contributed by atoms with Crippen molar-refractivity contribution in [3.8, 4) is 0 Å². The largest absolute Gasteiger partial charge is 0.481 e. The lowest BCUT2D eigenvalue weighted by Crippen LogP contribution is -2.62. The van der Waals surface area contributed by atoms with Crippen LogP contribution >= 0.6 is 0 Å². The van der Waals surface area contributed by atoms with Gasteiger partial charge in [0.05, 0.1) is 31.3 Å². The molecule has 1 heterocycles. The predicted octanol–water partition coefficient (Wildman–Crippen LogP) is 3.41. The first-order valence-corrected chi connectivity index (χ1v) is 15.2. The van der Waals surface area contributed by atoms with Crippen molar-refractivity contribution in [1.82, 2.24) is 0 Å². The van der Waals surface area contributed by atoms with Crippen LogP contribution in [0.1, 0.15) is 90.9 Å². The van der Waals surface area contributed by atoms with Gasteiger partial charge in [-0.25, -0.2) is 4.79 Å². The smallest absolute Gasteiger partial charge is 0.331 e. The van der Waals surface area contributed by atoms with Gasteiger partial charge in [0, 0.05) is 23.8 Å². The minimum Gasteiger partial charge on any atom is -0.481 e. The van der Waals surface area contributed by atoms with Crippen LogP contribution in [0.15, 0.2) is 11.6 Å². The zero-order valence-electron chi connectivity index (χ0n) is 24.3. The molecule has 5 rings (SSSR count). The molecule has 1 aliphatic heterocycles. The van der Waals surface area contributed by atoms with E-state index >= 15 is 0 Å². The Morgan fingerprint density at radius 1 is 0.905 bits per heavy atom. The van der Waals surface area contributed by atoms with Crippen molar-refractivity contribution in [2.24, 2.45) is 34.5 Å². The van der Waals surface area contributed by atoms with Crippen molar-refractivity contribution in [1.29, 1.82) is 0 Å². The number of carbonyl (C=O) groups excluding carboxylic acids is 3. The first kappa shape index (κ1) is 30.5. The number of aliphatic carboxylic acids is 2. The van der Waals surface area contributed by atoms with E-state index in [1.807, 2.05) is 6.92 Å². The summed E-state index contributed by atoms with van der Waals surface area (Å²) in [5.41, 5.74) is -1.22. The molecule has 0 saturated heterocycles. The lowest BCUT2D eigenvalue weighted by atomic mass is 9.43. The fraction of sp³-hybridized carbons (Fsp3) is 0.774. The summed E-state index contributed by atoms with van der Waals surface area (Å²) in [6, 6.07) is 0. The SMILES string of the molecule is CC12CCC(OC(=O)CCC(=O)O)CC1CCC1[C@@H]2CCC2(C)C(C3=CC(=O)OC3)C(OC(=O)CCC(=O)O)CC12O. The van der Waals surface area contributed by atoms with Gasteiger partial charge in [0.15, 0.2) is 0 Å². The van der Waals surface area contributed by atoms with Gasteiger partial charge in [-0.1, -0.05) is 13.8 Å². The Labute approximate surface area is 244 Å². The summed E-state index contributed by atoms with van der Waals surface area (Å²) < 4.78 is 16.8. The summed E-state index contributed by atoms with van der Waals surface area (Å²) in [5, 5.41) is 30.6. The van der Waals surface area contributed by atoms with Crippen molar-refractivity contribution in [3.05, 3.63) is 11.6 Å². The van der Waals surface area contributed by atoms with Crippen molar-refractivity contribution in [2.75, 3.05) is 6.61 Å². The Morgan fingerprint density at radius 3 is 2.19 bits per heavy atom. The molecular formula is C31H42O11. The summed E-state index contributed by atoms with van der Waals surface area (Å²) in [6.45, 7) is 4.40. The summed E-state index contributed by atoms with van der Waals surface area (Å²) >= 11 is 0. The van der Waals surface area contributed by atoms with Crippen LogP contribution in [0.25, 0.3) is 0 Å². The van der Waals surface area contributed by atoms with E-state index in [-0.39, 0.29) is 62.1 Å². The monoisotopic (exact) mass is 590 g/mol. The van der Waals surface area contributed by atoms with E-state index in [2.05, 4.69) is 6.92 Å². The molecule has 42 heavy (non-hydrogen) atoms. The maximum atomic E-state index is 12.7. The second-order valence-corrected chi connectivity index (χ2v) is 13.6. The van der Waals surface area contributed by atoms with Gasteiger partial charge in [-0.05, 0) is 73.7 Å². The van der Waals surface area contributed by atoms with Crippen LogP contribution in [0.2, 0.25) is 0 Å². The first-order chi connectivity index (χ1) is 19.8. The average Bonchev–Trinajstić information content (AvgIpc) is 3.43. The molecule has 9 atom stereocenters. The highest BCUT2D eigenvalue weighted by atomic mass is 16.6. The molecular weight excluding hydrogens is 548 g/mol. The van der Waals surface area contributed by atoms with Crippen molar-refractivity contribution in [3.63, 3.8) is 0 Å². The Bertz CT molecular complexity index is 1180. The molecule has 0 radical (unpaired) electrons. The number of cyclic esters (lactones) is 1. The fourth-order valence-corrected chi connectivity index (χ4v) is 9.52. The van der Waals surface area contributed by atoms with Crippen LogP contribution in [0.5, 0.6) is 0 Å². The highest BCUT2D eigenvalue weighted by Gasteiger charge is 2.71. The molecule has 232 valence electrons. The van der Waals surface area contributed by atoms with Gasteiger partial charge in [0.1, 0.15) is 18.8 Å². The number of hydrogen-bond donors (Lipinski definition) is 3. The van der Waals surface area contributed by atoms with Crippen LogP contribution < -0.4 is 0 Å². The Hall–Kier alpha value is -2.95. The summed E-state index contributed by atoms with van der Waals surface area (Å²) in [6.07, 6.45) is 5.08. The molecule has 0 aromatic heterocycles. The number of ether oxygens (including phenoxy) is 3. The zero-order valence-corrected chi connectivity index (χ0v) is 24.3. The molecule has 0 aromatic carbocycles. The maximum Gasteiger partial charge on any atom is 0.331 e. The Morgan fingerprint density at radius 2 is 1.57 bits per heavy atom. The number of carbonyl (C=O) groups is 5. The highest BCUT2D eigenvalue weighted by Crippen LogP contribution is 2.70. The van der Waals surface area contributed by atoms with E-state index in [1.165, 1.54) is 6.08 Å². The lowest BCUT2D eigenvalue weighted by molar-refractivity contribution is -0.210. The molecule has 8 unspecified atom stereocenters. The van der Waals surface area contributed by atoms with Crippen LogP contribution in [0, 0.1) is 34.5 Å². The van der Waals surface area contributed by atoms with Crippen molar-refractivity contribution in [2.45, 2.75) is 109 Å². The quantitative estimate of drug-likeness (QED) is 0.265. The van der Waals surface area contributed by atoms with Gasteiger partial charge in [-0.15, -0.1) is 0 Å². The summed E-state index contributed by atoms with van der Waals surface area (Å²) in [4.78, 5) is 58.8. The zero-order chi connectivity index (χ0) is 30.4. The number of hydrogen-bond acceptors (Lipinski definition) is 9. The Balaban J connectivity index is 1.35. The van der Waals surface area contributed by atoms with Crippen LogP contribution in [-0.2, 0) is 38.2 Å². The van der Waals surface area contributed by atoms with E-state index in [9.17, 15) is 29.1 Å². The van der Waals surface area contributed by atoms with Crippen LogP contribution in [-0.4, -0.2) is 69.6 Å². The minimum absolute atomic E-state index is 0.0592. The third-order valence-electron chi connectivity index (χ3n) is 11.5. The number of fused-ring (bicyclic) bond motifs is 5. The second kappa shape index (κ2) is 11.3. The fourth-order valence-electron chi connectivity index (χ4n) is 9.52. The average molecular weight is 591 g/mol. The molecule has 5 aliphatic rings. The normalized spacial score (nSPS) is 40.5. The Kier molecular flexibility index (Phi) is 8.19. The standard InChI is InChI=1S/C31H42O11/c1-29-11-9-19(41-25(36)7-5-23(32)33)14-18(29)3-4-21-20(29)10-12-30(2)28(17-13-27(38)40-16-17)22(15-31(21,30)39)42-26(37)8-6-24(34)35/h13,18-22,28,39H,3-12,14-16H2,1-2H3,(H,32,33)(H,34,35)/t18?,19?,20-,21?,22?,28?,29?,30?,31?/m0/s1. The lowest BCUT2D eigenvalue weighted by Gasteiger charge is -2.63. The molecule has 0 spiro atoms. The maximum absolute atomic E-state index is 12.7. The number of esters is 3. The van der Waals surface area contributed by atoms with Gasteiger partial charge >= 0.3 is 29.8 Å². The molecule has 0 amide bonds. The van der Waals surface area contributed by atoms with Gasteiger partial charge in [-0.2, -0.15) is 0 Å². The third-order valence-corrected chi connectivity index (χ3v) is 11.5. The van der Waals surface area contributed by atoms with Gasteiger partial charge in [0.25, 0.3) is 0 Å². The molecule has 3 N–H and O–H groups in total. The molecule has 11 nitrogen and oxygen atoms in total. The van der Waals surface area contributed by atoms with E-state index in [0.29, 0.717) is 30.8 Å². The second-order valence-electron chi connectivity index (χ2n) is 13.6. The number of carboxylic acids is 2. The van der Waals surface area contributed by atoms with Crippen molar-refractivity contribution < 1.29 is 53.5 Å². The highest BCUT2D eigenvalue weighted by molar-refractivity contribution is 5.85. The van der Waals surface area contributed by atoms with E-state index in [0.717, 1.165) is 25.7 Å². The number of carboxylic acid groups (broad SMARTS) is 2. The van der Waals surface area contributed by atoms with Gasteiger partial charge < -0.3 is 29.5 Å². The first-order valence-electron chi connectivity index (χ1n) is 15.2.